The number of amides is 1. The first-order chi connectivity index (χ1) is 13.6. The van der Waals surface area contributed by atoms with E-state index >= 15 is 0 Å². The van der Waals surface area contributed by atoms with Crippen LogP contribution in [0.25, 0.3) is 0 Å². The largest absolute Gasteiger partial charge is 0.418 e. The molecule has 0 radical (unpaired) electrons. The molecule has 1 aromatic carbocycles. The SMILES string of the molecule is C.N[C@@]1(C(=O)NCc2ncc(Nc3c(F)cccc3C(F)(F)F)cc2Cl)CCOC1. The predicted molar refractivity (Wildman–Crippen MR) is 105 cm³/mol. The Hall–Kier alpha value is -2.43. The van der Waals surface area contributed by atoms with Crippen molar-refractivity contribution in [3.8, 4) is 0 Å². The molecular formula is C19H21ClF4N4O2. The first-order valence-corrected chi connectivity index (χ1v) is 8.90. The van der Waals surface area contributed by atoms with E-state index in [-0.39, 0.29) is 37.0 Å². The van der Waals surface area contributed by atoms with Gasteiger partial charge < -0.3 is 21.1 Å². The molecule has 0 saturated carbocycles. The van der Waals surface area contributed by atoms with Crippen molar-refractivity contribution in [1.29, 1.82) is 0 Å². The minimum Gasteiger partial charge on any atom is -0.379 e. The lowest BCUT2D eigenvalue weighted by Crippen LogP contribution is -2.54. The number of rotatable bonds is 5. The molecule has 0 bridgehead atoms. The number of para-hydroxylation sites is 1. The number of halogens is 5. The van der Waals surface area contributed by atoms with Crippen molar-refractivity contribution in [1.82, 2.24) is 10.3 Å². The minimum atomic E-state index is -4.74. The van der Waals surface area contributed by atoms with E-state index in [1.165, 1.54) is 12.3 Å². The van der Waals surface area contributed by atoms with Gasteiger partial charge in [-0.25, -0.2) is 4.39 Å². The number of pyridine rings is 1. The van der Waals surface area contributed by atoms with Crippen LogP contribution in [0.5, 0.6) is 0 Å². The highest BCUT2D eigenvalue weighted by atomic mass is 35.5. The lowest BCUT2D eigenvalue weighted by Gasteiger charge is -2.20. The van der Waals surface area contributed by atoms with Gasteiger partial charge in [-0.1, -0.05) is 25.1 Å². The first kappa shape index (κ1) is 23.8. The number of hydrogen-bond donors (Lipinski definition) is 3. The first-order valence-electron chi connectivity index (χ1n) is 8.52. The number of nitrogens with zero attached hydrogens (tertiary/aromatic N) is 1. The van der Waals surface area contributed by atoms with Crippen molar-refractivity contribution < 1.29 is 27.1 Å². The summed E-state index contributed by atoms with van der Waals surface area (Å²) in [5.74, 6) is -1.49. The van der Waals surface area contributed by atoms with Crippen molar-refractivity contribution >= 4 is 28.9 Å². The van der Waals surface area contributed by atoms with E-state index in [2.05, 4.69) is 15.6 Å². The normalized spacial score (nSPS) is 18.6. The molecule has 1 aliphatic rings. The van der Waals surface area contributed by atoms with Gasteiger partial charge in [-0.15, -0.1) is 0 Å². The number of aromatic nitrogens is 1. The molecule has 2 heterocycles. The summed E-state index contributed by atoms with van der Waals surface area (Å²) in [6.07, 6.45) is -3.17. The molecule has 1 aliphatic heterocycles. The van der Waals surface area contributed by atoms with Crippen molar-refractivity contribution in [2.24, 2.45) is 5.73 Å². The molecule has 0 aliphatic carbocycles. The monoisotopic (exact) mass is 448 g/mol. The number of ether oxygens (including phenoxy) is 1. The van der Waals surface area contributed by atoms with Gasteiger partial charge in [0, 0.05) is 6.61 Å². The van der Waals surface area contributed by atoms with E-state index in [0.717, 1.165) is 18.2 Å². The van der Waals surface area contributed by atoms with Gasteiger partial charge in [0.05, 0.1) is 47.0 Å². The van der Waals surface area contributed by atoms with Crippen LogP contribution in [0.15, 0.2) is 30.5 Å². The second kappa shape index (κ2) is 9.15. The van der Waals surface area contributed by atoms with E-state index in [4.69, 9.17) is 22.1 Å². The summed E-state index contributed by atoms with van der Waals surface area (Å²) in [7, 11) is 0. The number of carbonyl (C=O) groups excluding carboxylic acids is 1. The average Bonchev–Trinajstić information content (AvgIpc) is 3.09. The zero-order valence-electron chi connectivity index (χ0n) is 14.9. The molecule has 0 unspecified atom stereocenters. The molecule has 1 saturated heterocycles. The third-order valence-corrected chi connectivity index (χ3v) is 4.75. The quantitative estimate of drug-likeness (QED) is 0.601. The third-order valence-electron chi connectivity index (χ3n) is 4.43. The van der Waals surface area contributed by atoms with Crippen molar-refractivity contribution in [2.75, 3.05) is 18.5 Å². The summed E-state index contributed by atoms with van der Waals surface area (Å²) < 4.78 is 58.4. The molecule has 0 spiro atoms. The second-order valence-corrected chi connectivity index (χ2v) is 6.99. The Morgan fingerprint density at radius 1 is 1.37 bits per heavy atom. The van der Waals surface area contributed by atoms with Gasteiger partial charge in [0.1, 0.15) is 11.4 Å². The van der Waals surface area contributed by atoms with E-state index in [9.17, 15) is 22.4 Å². The van der Waals surface area contributed by atoms with Crippen LogP contribution in [0.2, 0.25) is 5.02 Å². The Bertz CT molecular complexity index is 918. The zero-order valence-corrected chi connectivity index (χ0v) is 15.7. The van der Waals surface area contributed by atoms with Gasteiger partial charge in [-0.2, -0.15) is 13.2 Å². The molecule has 1 fully saturated rings. The number of nitrogens with two attached hydrogens (primary N) is 1. The summed E-state index contributed by atoms with van der Waals surface area (Å²) in [6.45, 7) is 0.455. The van der Waals surface area contributed by atoms with Crippen LogP contribution < -0.4 is 16.4 Å². The highest BCUT2D eigenvalue weighted by Crippen LogP contribution is 2.37. The van der Waals surface area contributed by atoms with Gasteiger partial charge in [0.2, 0.25) is 5.91 Å². The number of nitrogens with one attached hydrogen (secondary N) is 2. The molecule has 1 atom stereocenters. The molecule has 11 heteroatoms. The molecule has 4 N–H and O–H groups in total. The average molecular weight is 449 g/mol. The summed E-state index contributed by atoms with van der Waals surface area (Å²) in [6, 6.07) is 3.94. The number of benzene rings is 1. The fraction of sp³-hybridized carbons (Fsp3) is 0.368. The fourth-order valence-corrected chi connectivity index (χ4v) is 3.03. The molecule has 1 amide bonds. The highest BCUT2D eigenvalue weighted by molar-refractivity contribution is 6.31. The highest BCUT2D eigenvalue weighted by Gasteiger charge is 2.38. The van der Waals surface area contributed by atoms with Gasteiger partial charge in [0.15, 0.2) is 0 Å². The smallest absolute Gasteiger partial charge is 0.379 e. The van der Waals surface area contributed by atoms with Crippen molar-refractivity contribution in [2.45, 2.75) is 32.1 Å². The number of carbonyl (C=O) groups is 1. The van der Waals surface area contributed by atoms with Crippen LogP contribution in [0.1, 0.15) is 25.1 Å². The standard InChI is InChI=1S/C18H17ClF4N4O2.CH4/c19-12-6-10(27-15-11(18(21,22)23)2-1-3-13(15)20)7-25-14(12)8-26-16(28)17(24)4-5-29-9-17;/h1-3,6-7,27H,4-5,8-9,24H2,(H,26,28);1H4/t17-;/m0./s1. The predicted octanol–water partition coefficient (Wildman–Crippen LogP) is 4.01. The Kier molecular flexibility index (Phi) is 7.27. The van der Waals surface area contributed by atoms with Gasteiger partial charge in [-0.05, 0) is 24.6 Å². The Morgan fingerprint density at radius 2 is 2.10 bits per heavy atom. The maximum Gasteiger partial charge on any atom is 0.418 e. The topological polar surface area (TPSA) is 89.3 Å². The van der Waals surface area contributed by atoms with Crippen molar-refractivity contribution in [3.05, 3.63) is 52.6 Å². The minimum absolute atomic E-state index is 0. The van der Waals surface area contributed by atoms with E-state index in [0.29, 0.717) is 13.0 Å². The summed E-state index contributed by atoms with van der Waals surface area (Å²) in [5, 5.41) is 5.05. The van der Waals surface area contributed by atoms with Crippen LogP contribution in [0, 0.1) is 5.82 Å². The van der Waals surface area contributed by atoms with Crippen molar-refractivity contribution in [3.63, 3.8) is 0 Å². The maximum atomic E-state index is 14.0. The van der Waals surface area contributed by atoms with Crippen LogP contribution in [0.3, 0.4) is 0 Å². The third kappa shape index (κ3) is 5.18. The Morgan fingerprint density at radius 3 is 2.70 bits per heavy atom. The Balaban J connectivity index is 0.00000320. The molecule has 1 aromatic heterocycles. The summed E-state index contributed by atoms with van der Waals surface area (Å²) in [5.41, 5.74) is 3.28. The molecule has 164 valence electrons. The lowest BCUT2D eigenvalue weighted by atomic mass is 9.99. The van der Waals surface area contributed by atoms with E-state index < -0.39 is 34.7 Å². The summed E-state index contributed by atoms with van der Waals surface area (Å²) in [4.78, 5) is 16.2. The maximum absolute atomic E-state index is 14.0. The van der Waals surface area contributed by atoms with Crippen LogP contribution in [0.4, 0.5) is 28.9 Å². The Labute approximate surface area is 175 Å². The lowest BCUT2D eigenvalue weighted by molar-refractivity contribution is -0.137. The molecule has 6 nitrogen and oxygen atoms in total. The van der Waals surface area contributed by atoms with Gasteiger partial charge in [-0.3, -0.25) is 9.78 Å². The number of hydrogen-bond acceptors (Lipinski definition) is 5. The van der Waals surface area contributed by atoms with Gasteiger partial charge in [0.25, 0.3) is 0 Å². The second-order valence-electron chi connectivity index (χ2n) is 6.58. The molecular weight excluding hydrogens is 428 g/mol. The van der Waals surface area contributed by atoms with E-state index in [1.54, 1.807) is 0 Å². The van der Waals surface area contributed by atoms with Crippen LogP contribution in [-0.4, -0.2) is 29.6 Å². The summed E-state index contributed by atoms with van der Waals surface area (Å²) >= 11 is 6.12. The molecule has 3 rings (SSSR count). The van der Waals surface area contributed by atoms with Crippen LogP contribution >= 0.6 is 11.6 Å². The van der Waals surface area contributed by atoms with Gasteiger partial charge >= 0.3 is 6.18 Å². The molecule has 2 aromatic rings. The van der Waals surface area contributed by atoms with E-state index in [1.807, 2.05) is 0 Å². The fourth-order valence-electron chi connectivity index (χ4n) is 2.80. The number of anilines is 2. The number of alkyl halides is 3. The van der Waals surface area contributed by atoms with Crippen LogP contribution in [-0.2, 0) is 22.3 Å². The zero-order chi connectivity index (χ0) is 21.2. The molecule has 30 heavy (non-hydrogen) atoms.